The smallest absolute Gasteiger partial charge is 0.251 e. The van der Waals surface area contributed by atoms with Crippen LogP contribution in [0.1, 0.15) is 48.1 Å². The highest BCUT2D eigenvalue weighted by molar-refractivity contribution is 5.99. The molecule has 4 aromatic carbocycles. The van der Waals surface area contributed by atoms with Crippen molar-refractivity contribution >= 4 is 28.5 Å². The number of nitrogens with zero attached hydrogens (tertiary/aromatic N) is 4. The predicted octanol–water partition coefficient (Wildman–Crippen LogP) is 6.29. The monoisotopic (exact) mass is 591 g/mol. The Hall–Kier alpha value is -5.18. The number of amides is 2. The number of carbonyl (C=O) groups is 2. The molecule has 0 radical (unpaired) electrons. The third-order valence-corrected chi connectivity index (χ3v) is 7.77. The normalized spacial score (nSPS) is 11.8. The van der Waals surface area contributed by atoms with E-state index in [4.69, 9.17) is 9.47 Å². The average molecular weight is 592 g/mol. The van der Waals surface area contributed by atoms with Crippen LogP contribution < -0.4 is 14.8 Å². The van der Waals surface area contributed by atoms with E-state index in [1.165, 1.54) is 7.11 Å². The average Bonchev–Trinajstić information content (AvgIpc) is 3.44. The molecule has 1 unspecified atom stereocenters. The van der Waals surface area contributed by atoms with Crippen LogP contribution in [0.3, 0.4) is 0 Å². The Labute approximate surface area is 257 Å². The van der Waals surface area contributed by atoms with E-state index < -0.39 is 6.04 Å². The van der Waals surface area contributed by atoms with Crippen LogP contribution in [0.4, 0.5) is 5.69 Å². The van der Waals surface area contributed by atoms with E-state index in [0.717, 1.165) is 22.2 Å². The molecule has 0 spiro atoms. The highest BCUT2D eigenvalue weighted by Crippen LogP contribution is 2.32. The van der Waals surface area contributed by atoms with Crippen molar-refractivity contribution in [3.8, 4) is 11.5 Å². The standard InChI is InChI=1S/C35H37N5O4/c1-23(2)25-14-16-26(17-15-25)34(35(42)36-30-19-18-28(43-4)20-32(30)44-5)39(21-27-11-7-6-10-24(27)3)33(41)22-40-31-13-9-8-12-29(31)37-38-40/h6-20,23,34H,21-22H2,1-5H3,(H,36,42). The number of hydrogen-bond acceptors (Lipinski definition) is 6. The number of nitrogens with one attached hydrogen (secondary N) is 1. The second kappa shape index (κ2) is 13.4. The number of ether oxygens (including phenoxy) is 2. The molecule has 44 heavy (non-hydrogen) atoms. The molecule has 2 amide bonds. The molecule has 0 aliphatic carbocycles. The zero-order valence-electron chi connectivity index (χ0n) is 25.7. The quantitative estimate of drug-likeness (QED) is 0.194. The van der Waals surface area contributed by atoms with Crippen LogP contribution in [0.5, 0.6) is 11.5 Å². The molecule has 1 N–H and O–H groups in total. The van der Waals surface area contributed by atoms with Gasteiger partial charge in [-0.1, -0.05) is 79.7 Å². The zero-order chi connectivity index (χ0) is 31.2. The van der Waals surface area contributed by atoms with Crippen molar-refractivity contribution in [1.29, 1.82) is 0 Å². The first-order chi connectivity index (χ1) is 21.3. The van der Waals surface area contributed by atoms with Gasteiger partial charge in [-0.2, -0.15) is 0 Å². The van der Waals surface area contributed by atoms with Gasteiger partial charge in [0, 0.05) is 12.6 Å². The van der Waals surface area contributed by atoms with Gasteiger partial charge in [0.25, 0.3) is 5.91 Å². The fourth-order valence-electron chi connectivity index (χ4n) is 5.19. The zero-order valence-corrected chi connectivity index (χ0v) is 25.7. The predicted molar refractivity (Wildman–Crippen MR) is 171 cm³/mol. The molecule has 0 aliphatic heterocycles. The minimum absolute atomic E-state index is 0.0912. The van der Waals surface area contributed by atoms with Gasteiger partial charge in [-0.15, -0.1) is 5.10 Å². The van der Waals surface area contributed by atoms with Gasteiger partial charge in [0.2, 0.25) is 5.91 Å². The summed E-state index contributed by atoms with van der Waals surface area (Å²) in [5.41, 5.74) is 5.66. The van der Waals surface area contributed by atoms with Crippen molar-refractivity contribution in [2.75, 3.05) is 19.5 Å². The Morgan fingerprint density at radius 2 is 1.59 bits per heavy atom. The van der Waals surface area contributed by atoms with Gasteiger partial charge in [-0.3, -0.25) is 9.59 Å². The minimum atomic E-state index is -0.968. The van der Waals surface area contributed by atoms with E-state index in [0.29, 0.717) is 34.2 Å². The molecular weight excluding hydrogens is 554 g/mol. The number of carbonyl (C=O) groups excluding carboxylic acids is 2. The number of anilines is 1. The molecule has 5 rings (SSSR count). The summed E-state index contributed by atoms with van der Waals surface area (Å²) in [6.07, 6.45) is 0. The van der Waals surface area contributed by atoms with Crippen LogP contribution in [-0.2, 0) is 22.7 Å². The summed E-state index contributed by atoms with van der Waals surface area (Å²) in [7, 11) is 3.10. The number of aromatic nitrogens is 3. The van der Waals surface area contributed by atoms with Gasteiger partial charge in [0.1, 0.15) is 29.6 Å². The van der Waals surface area contributed by atoms with Gasteiger partial charge >= 0.3 is 0 Å². The first-order valence-corrected chi connectivity index (χ1v) is 14.5. The lowest BCUT2D eigenvalue weighted by molar-refractivity contribution is -0.140. The summed E-state index contributed by atoms with van der Waals surface area (Å²) >= 11 is 0. The topological polar surface area (TPSA) is 98.6 Å². The number of benzene rings is 4. The van der Waals surface area contributed by atoms with Crippen molar-refractivity contribution in [2.45, 2.75) is 45.8 Å². The van der Waals surface area contributed by atoms with Crippen LogP contribution in [0.25, 0.3) is 11.0 Å². The lowest BCUT2D eigenvalue weighted by atomic mass is 9.97. The summed E-state index contributed by atoms with van der Waals surface area (Å²) in [5, 5.41) is 11.5. The van der Waals surface area contributed by atoms with Crippen LogP contribution in [0.15, 0.2) is 91.0 Å². The van der Waals surface area contributed by atoms with E-state index in [1.807, 2.05) is 79.7 Å². The molecule has 9 nitrogen and oxygen atoms in total. The first-order valence-electron chi connectivity index (χ1n) is 14.5. The summed E-state index contributed by atoms with van der Waals surface area (Å²) in [4.78, 5) is 30.3. The van der Waals surface area contributed by atoms with Crippen LogP contribution in [0, 0.1) is 6.92 Å². The molecule has 1 heterocycles. The number of para-hydroxylation sites is 1. The maximum Gasteiger partial charge on any atom is 0.251 e. The van der Waals surface area contributed by atoms with Crippen LogP contribution in [-0.4, -0.2) is 45.9 Å². The Morgan fingerprint density at radius 1 is 0.886 bits per heavy atom. The Morgan fingerprint density at radius 3 is 2.30 bits per heavy atom. The Kier molecular flexibility index (Phi) is 9.23. The fraction of sp³-hybridized carbons (Fsp3) is 0.257. The number of fused-ring (bicyclic) bond motifs is 1. The molecule has 0 saturated heterocycles. The van der Waals surface area contributed by atoms with Crippen molar-refractivity contribution in [2.24, 2.45) is 0 Å². The second-order valence-electron chi connectivity index (χ2n) is 11.0. The molecule has 9 heteroatoms. The molecule has 0 saturated carbocycles. The summed E-state index contributed by atoms with van der Waals surface area (Å²) in [6.45, 7) is 6.35. The molecule has 5 aromatic rings. The molecule has 1 atom stereocenters. The lowest BCUT2D eigenvalue weighted by Gasteiger charge is -2.32. The molecule has 1 aromatic heterocycles. The fourth-order valence-corrected chi connectivity index (χ4v) is 5.19. The van der Waals surface area contributed by atoms with Crippen molar-refractivity contribution in [1.82, 2.24) is 19.9 Å². The highest BCUT2D eigenvalue weighted by Gasteiger charge is 2.33. The van der Waals surface area contributed by atoms with E-state index in [-0.39, 0.29) is 24.9 Å². The summed E-state index contributed by atoms with van der Waals surface area (Å²) < 4.78 is 12.5. The van der Waals surface area contributed by atoms with Gasteiger partial charge in [-0.25, -0.2) is 4.68 Å². The van der Waals surface area contributed by atoms with E-state index in [9.17, 15) is 9.59 Å². The SMILES string of the molecule is COc1ccc(NC(=O)C(c2ccc(C(C)C)cc2)N(Cc2ccccc2C)C(=O)Cn2nnc3ccccc32)c(OC)c1. The van der Waals surface area contributed by atoms with Crippen molar-refractivity contribution in [3.63, 3.8) is 0 Å². The molecule has 0 bridgehead atoms. The van der Waals surface area contributed by atoms with Gasteiger partial charge in [0.15, 0.2) is 0 Å². The maximum absolute atomic E-state index is 14.4. The molecule has 0 fully saturated rings. The van der Waals surface area contributed by atoms with E-state index >= 15 is 0 Å². The third-order valence-electron chi connectivity index (χ3n) is 7.77. The number of rotatable bonds is 11. The second-order valence-corrected chi connectivity index (χ2v) is 11.0. The number of hydrogen-bond donors (Lipinski definition) is 1. The Bertz CT molecular complexity index is 1760. The van der Waals surface area contributed by atoms with Gasteiger partial charge in [0.05, 0.1) is 25.4 Å². The van der Waals surface area contributed by atoms with E-state index in [2.05, 4.69) is 29.5 Å². The lowest BCUT2D eigenvalue weighted by Crippen LogP contribution is -2.42. The van der Waals surface area contributed by atoms with Crippen molar-refractivity contribution < 1.29 is 19.1 Å². The van der Waals surface area contributed by atoms with Gasteiger partial charge < -0.3 is 19.7 Å². The number of methoxy groups -OCH3 is 2. The molecule has 226 valence electrons. The number of aryl methyl sites for hydroxylation is 1. The Balaban J connectivity index is 1.59. The summed E-state index contributed by atoms with van der Waals surface area (Å²) in [5.74, 6) is 0.689. The van der Waals surface area contributed by atoms with Crippen LogP contribution >= 0.6 is 0 Å². The molecule has 0 aliphatic rings. The highest BCUT2D eigenvalue weighted by atomic mass is 16.5. The minimum Gasteiger partial charge on any atom is -0.497 e. The molecular formula is C35H37N5O4. The van der Waals surface area contributed by atoms with E-state index in [1.54, 1.807) is 34.9 Å². The maximum atomic E-state index is 14.4. The first kappa shape index (κ1) is 30.3. The summed E-state index contributed by atoms with van der Waals surface area (Å²) in [6, 6.07) is 27.4. The van der Waals surface area contributed by atoms with Gasteiger partial charge in [-0.05, 0) is 59.4 Å². The third kappa shape index (κ3) is 6.57. The largest absolute Gasteiger partial charge is 0.497 e. The van der Waals surface area contributed by atoms with Crippen molar-refractivity contribution in [3.05, 3.63) is 113 Å². The van der Waals surface area contributed by atoms with Crippen LogP contribution in [0.2, 0.25) is 0 Å².